The first kappa shape index (κ1) is 18.1. The maximum absolute atomic E-state index is 12.8. The highest BCUT2D eigenvalue weighted by atomic mass is 32.1. The Balaban J connectivity index is 2.13. The maximum Gasteiger partial charge on any atom is 0.333 e. The van der Waals surface area contributed by atoms with Crippen molar-refractivity contribution in [3.8, 4) is 0 Å². The summed E-state index contributed by atoms with van der Waals surface area (Å²) in [6, 6.07) is 2.85. The summed E-state index contributed by atoms with van der Waals surface area (Å²) in [5.41, 5.74) is 1.01. The molecule has 9 heteroatoms. The van der Waals surface area contributed by atoms with E-state index >= 15 is 0 Å². The predicted molar refractivity (Wildman–Crippen MR) is 84.1 cm³/mol. The normalized spacial score (nSPS) is 12.4. The number of hydrogen-bond donors (Lipinski definition) is 2. The third-order valence-corrected chi connectivity index (χ3v) is 4.58. The highest BCUT2D eigenvalue weighted by Crippen LogP contribution is 2.23. The number of aliphatic carboxylic acids is 1. The van der Waals surface area contributed by atoms with Crippen LogP contribution < -0.4 is 5.32 Å². The van der Waals surface area contributed by atoms with E-state index in [0.29, 0.717) is 15.9 Å². The third-order valence-electron chi connectivity index (χ3n) is 3.60. The summed E-state index contributed by atoms with van der Waals surface area (Å²) in [5.74, 6) is -1.47. The molecule has 0 saturated heterocycles. The molecule has 2 aromatic heterocycles. The van der Waals surface area contributed by atoms with Crippen LogP contribution in [0.2, 0.25) is 0 Å². The molecule has 2 N–H and O–H groups in total. The Hall–Kier alpha value is -2.29. The molecule has 130 valence electrons. The fourth-order valence-corrected chi connectivity index (χ4v) is 3.21. The number of halogens is 2. The lowest BCUT2D eigenvalue weighted by Gasteiger charge is -2.15. The van der Waals surface area contributed by atoms with Crippen molar-refractivity contribution >= 4 is 23.2 Å². The molecule has 24 heavy (non-hydrogen) atoms. The van der Waals surface area contributed by atoms with Gasteiger partial charge in [0.1, 0.15) is 0 Å². The molecule has 0 aliphatic rings. The first-order valence-corrected chi connectivity index (χ1v) is 8.04. The van der Waals surface area contributed by atoms with Gasteiger partial charge in [-0.05, 0) is 25.3 Å². The van der Waals surface area contributed by atoms with Crippen LogP contribution in [-0.2, 0) is 16.0 Å². The zero-order chi connectivity index (χ0) is 17.9. The number of hydrogen-bond acceptors (Lipinski definition) is 4. The van der Waals surface area contributed by atoms with Crippen LogP contribution in [0.3, 0.4) is 0 Å². The van der Waals surface area contributed by atoms with Crippen LogP contribution in [0.5, 0.6) is 0 Å². The molecule has 0 bridgehead atoms. The molecule has 0 fully saturated rings. The molecule has 0 radical (unpaired) electrons. The van der Waals surface area contributed by atoms with Crippen molar-refractivity contribution in [3.05, 3.63) is 39.3 Å². The summed E-state index contributed by atoms with van der Waals surface area (Å²) in [6.07, 6.45) is -0.383. The van der Waals surface area contributed by atoms with Crippen molar-refractivity contribution in [2.24, 2.45) is 0 Å². The molecule has 0 aliphatic heterocycles. The highest BCUT2D eigenvalue weighted by molar-refractivity contribution is 7.10. The molecule has 2 rings (SSSR count). The number of nitrogens with zero attached hydrogens (tertiary/aromatic N) is 2. The van der Waals surface area contributed by atoms with E-state index in [-0.39, 0.29) is 18.5 Å². The van der Waals surface area contributed by atoms with Crippen LogP contribution in [0.4, 0.5) is 8.78 Å². The quantitative estimate of drug-likeness (QED) is 0.798. The van der Waals surface area contributed by atoms with E-state index in [4.69, 9.17) is 5.11 Å². The maximum atomic E-state index is 12.8. The topological polar surface area (TPSA) is 84.2 Å². The molecule has 0 unspecified atom stereocenters. The fraction of sp³-hybridized carbons (Fsp3) is 0.400. The van der Waals surface area contributed by atoms with Crippen molar-refractivity contribution in [1.82, 2.24) is 15.1 Å². The Morgan fingerprint density at radius 2 is 2.12 bits per heavy atom. The first-order valence-electron chi connectivity index (χ1n) is 7.17. The fourth-order valence-electron chi connectivity index (χ4n) is 2.44. The smallest absolute Gasteiger partial charge is 0.333 e. The number of carbonyl (C=O) groups excluding carboxylic acids is 1. The van der Waals surface area contributed by atoms with Gasteiger partial charge in [0, 0.05) is 16.1 Å². The molecule has 0 aromatic carbocycles. The van der Waals surface area contributed by atoms with E-state index in [1.807, 2.05) is 0 Å². The number of alkyl halides is 2. The highest BCUT2D eigenvalue weighted by Gasteiger charge is 2.22. The van der Waals surface area contributed by atoms with Crippen LogP contribution in [0.1, 0.15) is 40.8 Å². The van der Waals surface area contributed by atoms with E-state index < -0.39 is 24.5 Å². The van der Waals surface area contributed by atoms with Gasteiger partial charge < -0.3 is 10.4 Å². The molecule has 1 atom stereocenters. The summed E-state index contributed by atoms with van der Waals surface area (Å²) in [5, 5.41) is 17.2. The second-order valence-corrected chi connectivity index (χ2v) is 6.26. The monoisotopic (exact) mass is 357 g/mol. The van der Waals surface area contributed by atoms with E-state index in [0.717, 1.165) is 4.88 Å². The number of amides is 1. The van der Waals surface area contributed by atoms with Crippen LogP contribution in [0.25, 0.3) is 0 Å². The Labute approximate surface area is 141 Å². The summed E-state index contributed by atoms with van der Waals surface area (Å²) in [6.45, 7) is 0.261. The van der Waals surface area contributed by atoms with Gasteiger partial charge in [0.05, 0.1) is 24.6 Å². The Morgan fingerprint density at radius 1 is 1.42 bits per heavy atom. The number of aryl methyl sites for hydroxylation is 1. The lowest BCUT2D eigenvalue weighted by molar-refractivity contribution is -0.137. The average molecular weight is 357 g/mol. The second kappa shape index (κ2) is 7.52. The minimum atomic E-state index is -2.77. The summed E-state index contributed by atoms with van der Waals surface area (Å²) < 4.78 is 26.2. The van der Waals surface area contributed by atoms with Crippen molar-refractivity contribution < 1.29 is 23.5 Å². The lowest BCUT2D eigenvalue weighted by Crippen LogP contribution is -2.31. The van der Waals surface area contributed by atoms with Gasteiger partial charge in [-0.1, -0.05) is 6.07 Å². The largest absolute Gasteiger partial charge is 0.481 e. The predicted octanol–water partition coefficient (Wildman–Crippen LogP) is 2.83. The molecule has 6 nitrogen and oxygen atoms in total. The number of nitrogens with one attached hydrogen (secondary N) is 1. The second-order valence-electron chi connectivity index (χ2n) is 5.28. The van der Waals surface area contributed by atoms with Crippen molar-refractivity contribution in [1.29, 1.82) is 0 Å². The summed E-state index contributed by atoms with van der Waals surface area (Å²) in [4.78, 5) is 24.0. The van der Waals surface area contributed by atoms with E-state index in [2.05, 4.69) is 10.4 Å². The van der Waals surface area contributed by atoms with Crippen LogP contribution in [0, 0.1) is 13.8 Å². The standard InChI is InChI=1S/C15H17F2N3O3S/c1-8-10(9(2)20(19-8)15(16)17)6-13(21)18-11(7-14(22)23)12-4-3-5-24-12/h3-5,11,15H,6-7H2,1-2H3,(H,18,21)(H,22,23)/t11-/m1/s1. The van der Waals surface area contributed by atoms with Crippen molar-refractivity contribution in [3.63, 3.8) is 0 Å². The molecule has 0 spiro atoms. The Bertz CT molecular complexity index is 729. The lowest BCUT2D eigenvalue weighted by atomic mass is 10.1. The zero-order valence-corrected chi connectivity index (χ0v) is 13.9. The van der Waals surface area contributed by atoms with Crippen LogP contribution in [0.15, 0.2) is 17.5 Å². The first-order chi connectivity index (χ1) is 11.3. The molecule has 0 saturated carbocycles. The van der Waals surface area contributed by atoms with E-state index in [1.54, 1.807) is 24.4 Å². The van der Waals surface area contributed by atoms with E-state index in [1.165, 1.54) is 18.3 Å². The van der Waals surface area contributed by atoms with Crippen LogP contribution >= 0.6 is 11.3 Å². The van der Waals surface area contributed by atoms with Gasteiger partial charge in [0.25, 0.3) is 0 Å². The Kier molecular flexibility index (Phi) is 5.66. The van der Waals surface area contributed by atoms with Gasteiger partial charge in [-0.2, -0.15) is 13.9 Å². The van der Waals surface area contributed by atoms with Gasteiger partial charge in [0.15, 0.2) is 0 Å². The van der Waals surface area contributed by atoms with Crippen LogP contribution in [-0.4, -0.2) is 26.8 Å². The number of thiophene rings is 1. The van der Waals surface area contributed by atoms with Crippen molar-refractivity contribution in [2.75, 3.05) is 0 Å². The molecule has 2 heterocycles. The SMILES string of the molecule is Cc1nn(C(F)F)c(C)c1CC(=O)N[C@H](CC(=O)O)c1cccs1. The number of aromatic nitrogens is 2. The minimum Gasteiger partial charge on any atom is -0.481 e. The zero-order valence-electron chi connectivity index (χ0n) is 13.1. The van der Waals surface area contributed by atoms with E-state index in [9.17, 15) is 18.4 Å². The van der Waals surface area contributed by atoms with Crippen molar-refractivity contribution in [2.45, 2.75) is 39.3 Å². The molecular weight excluding hydrogens is 340 g/mol. The van der Waals surface area contributed by atoms with Gasteiger partial charge in [-0.15, -0.1) is 11.3 Å². The van der Waals surface area contributed by atoms with Gasteiger partial charge >= 0.3 is 12.5 Å². The minimum absolute atomic E-state index is 0.133. The molecular formula is C15H17F2N3O3S. The third kappa shape index (κ3) is 4.16. The average Bonchev–Trinajstić information content (AvgIpc) is 3.10. The number of carboxylic acids is 1. The summed E-state index contributed by atoms with van der Waals surface area (Å²) in [7, 11) is 0. The number of carbonyl (C=O) groups is 2. The molecule has 0 aliphatic carbocycles. The van der Waals surface area contributed by atoms with Gasteiger partial charge in [-0.3, -0.25) is 9.59 Å². The molecule has 2 aromatic rings. The summed E-state index contributed by atoms with van der Waals surface area (Å²) >= 11 is 1.34. The molecule has 1 amide bonds. The Morgan fingerprint density at radius 3 is 2.62 bits per heavy atom. The number of rotatable bonds is 7. The van der Waals surface area contributed by atoms with Gasteiger partial charge in [0.2, 0.25) is 5.91 Å². The number of carboxylic acid groups (broad SMARTS) is 1. The van der Waals surface area contributed by atoms with Gasteiger partial charge in [-0.25, -0.2) is 4.68 Å².